The van der Waals surface area contributed by atoms with Gasteiger partial charge in [0, 0.05) is 17.1 Å². The van der Waals surface area contributed by atoms with Crippen LogP contribution in [0.5, 0.6) is 5.75 Å². The number of piperidine rings is 1. The Kier molecular flexibility index (Phi) is 4.80. The smallest absolute Gasteiger partial charge is 0.275 e. The second kappa shape index (κ2) is 6.76. The van der Waals surface area contributed by atoms with Crippen LogP contribution in [-0.4, -0.2) is 39.9 Å². The van der Waals surface area contributed by atoms with Gasteiger partial charge in [-0.2, -0.15) is 5.10 Å². The maximum absolute atomic E-state index is 12.9. The zero-order valence-electron chi connectivity index (χ0n) is 16.2. The van der Waals surface area contributed by atoms with Gasteiger partial charge in [0.15, 0.2) is 11.4 Å². The predicted molar refractivity (Wildman–Crippen MR) is 102 cm³/mol. The van der Waals surface area contributed by atoms with Crippen molar-refractivity contribution in [2.75, 3.05) is 7.11 Å². The van der Waals surface area contributed by atoms with Gasteiger partial charge in [-0.25, -0.2) is 4.68 Å². The lowest BCUT2D eigenvalue weighted by atomic mass is 9.79. The SMILES string of the molecule is COc1cn(-c2ccccc2)nc1C(=O)NC1CC(C)(C)NC(C)(C)C1. The van der Waals surface area contributed by atoms with Gasteiger partial charge >= 0.3 is 0 Å². The topological polar surface area (TPSA) is 68.2 Å². The van der Waals surface area contributed by atoms with E-state index in [1.54, 1.807) is 18.0 Å². The highest BCUT2D eigenvalue weighted by molar-refractivity contribution is 5.95. The molecule has 0 bridgehead atoms. The van der Waals surface area contributed by atoms with E-state index in [0.717, 1.165) is 18.5 Å². The second-order valence-corrected chi connectivity index (χ2v) is 8.30. The molecule has 1 aromatic heterocycles. The van der Waals surface area contributed by atoms with Gasteiger partial charge in [0.1, 0.15) is 0 Å². The largest absolute Gasteiger partial charge is 0.493 e. The van der Waals surface area contributed by atoms with Gasteiger partial charge in [-0.3, -0.25) is 4.79 Å². The van der Waals surface area contributed by atoms with Crippen molar-refractivity contribution in [3.05, 3.63) is 42.2 Å². The van der Waals surface area contributed by atoms with E-state index >= 15 is 0 Å². The molecule has 140 valence electrons. The van der Waals surface area contributed by atoms with Crippen LogP contribution in [0.1, 0.15) is 51.0 Å². The third-order valence-electron chi connectivity index (χ3n) is 4.66. The van der Waals surface area contributed by atoms with Crippen molar-refractivity contribution in [3.8, 4) is 11.4 Å². The Morgan fingerprint density at radius 3 is 2.38 bits per heavy atom. The third kappa shape index (κ3) is 4.07. The van der Waals surface area contributed by atoms with Crippen molar-refractivity contribution < 1.29 is 9.53 Å². The lowest BCUT2D eigenvalue weighted by Crippen LogP contribution is -2.62. The first-order chi connectivity index (χ1) is 12.2. The summed E-state index contributed by atoms with van der Waals surface area (Å²) in [6.07, 6.45) is 3.47. The van der Waals surface area contributed by atoms with Crippen LogP contribution in [0.4, 0.5) is 0 Å². The van der Waals surface area contributed by atoms with Crippen LogP contribution in [0.3, 0.4) is 0 Å². The Morgan fingerprint density at radius 1 is 1.19 bits per heavy atom. The van der Waals surface area contributed by atoms with Crippen molar-refractivity contribution in [2.24, 2.45) is 0 Å². The number of nitrogens with one attached hydrogen (secondary N) is 2. The van der Waals surface area contributed by atoms with Crippen molar-refractivity contribution in [2.45, 2.75) is 57.7 Å². The molecule has 1 saturated heterocycles. The number of methoxy groups -OCH3 is 1. The van der Waals surface area contributed by atoms with Crippen LogP contribution in [0, 0.1) is 0 Å². The summed E-state index contributed by atoms with van der Waals surface area (Å²) in [7, 11) is 1.56. The Balaban J connectivity index is 1.81. The van der Waals surface area contributed by atoms with Crippen LogP contribution in [-0.2, 0) is 0 Å². The summed E-state index contributed by atoms with van der Waals surface area (Å²) in [6, 6.07) is 9.77. The van der Waals surface area contributed by atoms with Gasteiger partial charge in [0.2, 0.25) is 0 Å². The molecule has 1 aliphatic heterocycles. The number of hydrogen-bond donors (Lipinski definition) is 2. The second-order valence-electron chi connectivity index (χ2n) is 8.30. The van der Waals surface area contributed by atoms with Crippen molar-refractivity contribution in [1.29, 1.82) is 0 Å². The highest BCUT2D eigenvalue weighted by atomic mass is 16.5. The first-order valence-electron chi connectivity index (χ1n) is 8.98. The van der Waals surface area contributed by atoms with E-state index in [1.165, 1.54) is 0 Å². The Morgan fingerprint density at radius 2 is 1.81 bits per heavy atom. The van der Waals surface area contributed by atoms with E-state index in [9.17, 15) is 4.79 Å². The maximum atomic E-state index is 12.9. The molecule has 1 fully saturated rings. The summed E-state index contributed by atoms with van der Waals surface area (Å²) in [6.45, 7) is 8.66. The number of nitrogens with zero attached hydrogens (tertiary/aromatic N) is 2. The van der Waals surface area contributed by atoms with E-state index in [0.29, 0.717) is 11.4 Å². The predicted octanol–water partition coefficient (Wildman–Crippen LogP) is 2.92. The Bertz CT molecular complexity index is 764. The van der Waals surface area contributed by atoms with Gasteiger partial charge < -0.3 is 15.4 Å². The first-order valence-corrected chi connectivity index (χ1v) is 8.98. The van der Waals surface area contributed by atoms with Crippen LogP contribution in [0.2, 0.25) is 0 Å². The summed E-state index contributed by atoms with van der Waals surface area (Å²) in [5, 5.41) is 11.2. The van der Waals surface area contributed by atoms with E-state index in [4.69, 9.17) is 4.74 Å². The van der Waals surface area contributed by atoms with Crippen LogP contribution in [0.25, 0.3) is 5.69 Å². The van der Waals surface area contributed by atoms with Gasteiger partial charge in [0.25, 0.3) is 5.91 Å². The molecule has 1 aromatic carbocycles. The third-order valence-corrected chi connectivity index (χ3v) is 4.66. The molecule has 1 aliphatic rings. The minimum Gasteiger partial charge on any atom is -0.493 e. The van der Waals surface area contributed by atoms with Crippen LogP contribution in [0.15, 0.2) is 36.5 Å². The van der Waals surface area contributed by atoms with Gasteiger partial charge in [-0.1, -0.05) is 18.2 Å². The molecule has 0 unspecified atom stereocenters. The molecular formula is C20H28N4O2. The molecular weight excluding hydrogens is 328 g/mol. The number of aromatic nitrogens is 2. The number of ether oxygens (including phenoxy) is 1. The molecule has 0 atom stereocenters. The molecule has 3 rings (SSSR count). The van der Waals surface area contributed by atoms with Crippen molar-refractivity contribution in [3.63, 3.8) is 0 Å². The van der Waals surface area contributed by atoms with E-state index < -0.39 is 0 Å². The molecule has 2 heterocycles. The molecule has 6 nitrogen and oxygen atoms in total. The minimum atomic E-state index is -0.199. The average molecular weight is 356 g/mol. The number of carbonyl (C=O) groups excluding carboxylic acids is 1. The number of benzene rings is 1. The molecule has 1 amide bonds. The molecule has 0 saturated carbocycles. The summed E-state index contributed by atoms with van der Waals surface area (Å²) in [4.78, 5) is 12.9. The van der Waals surface area contributed by atoms with Gasteiger partial charge in [0.05, 0.1) is 19.0 Å². The molecule has 2 N–H and O–H groups in total. The van der Waals surface area contributed by atoms with Crippen molar-refractivity contribution in [1.82, 2.24) is 20.4 Å². The normalized spacial score (nSPS) is 19.1. The fraction of sp³-hybridized carbons (Fsp3) is 0.500. The summed E-state index contributed by atoms with van der Waals surface area (Å²) >= 11 is 0. The minimum absolute atomic E-state index is 0.0345. The highest BCUT2D eigenvalue weighted by Gasteiger charge is 2.38. The lowest BCUT2D eigenvalue weighted by Gasteiger charge is -2.46. The zero-order valence-corrected chi connectivity index (χ0v) is 16.2. The summed E-state index contributed by atoms with van der Waals surface area (Å²) in [5.41, 5.74) is 1.12. The Hall–Kier alpha value is -2.34. The fourth-order valence-corrected chi connectivity index (χ4v) is 4.06. The van der Waals surface area contributed by atoms with Crippen molar-refractivity contribution >= 4 is 5.91 Å². The monoisotopic (exact) mass is 356 g/mol. The molecule has 0 radical (unpaired) electrons. The molecule has 2 aromatic rings. The fourth-order valence-electron chi connectivity index (χ4n) is 4.06. The quantitative estimate of drug-likeness (QED) is 0.884. The summed E-state index contributed by atoms with van der Waals surface area (Å²) < 4.78 is 7.05. The number of carbonyl (C=O) groups is 1. The first kappa shape index (κ1) is 18.5. The standard InChI is InChI=1S/C20H28N4O2/c1-19(2)11-14(12-20(3,4)23-19)21-18(25)17-16(26-5)13-24(22-17)15-9-7-6-8-10-15/h6-10,13-14,23H,11-12H2,1-5H3,(H,21,25). The maximum Gasteiger partial charge on any atom is 0.275 e. The van der Waals surface area contributed by atoms with Gasteiger partial charge in [-0.15, -0.1) is 0 Å². The van der Waals surface area contributed by atoms with Gasteiger partial charge in [-0.05, 0) is 52.7 Å². The number of amides is 1. The molecule has 6 heteroatoms. The molecule has 26 heavy (non-hydrogen) atoms. The molecule has 0 spiro atoms. The van der Waals surface area contributed by atoms with E-state index in [-0.39, 0.29) is 23.0 Å². The van der Waals surface area contributed by atoms with Crippen LogP contribution < -0.4 is 15.4 Å². The summed E-state index contributed by atoms with van der Waals surface area (Å²) in [5.74, 6) is 0.272. The molecule has 0 aliphatic carbocycles. The zero-order chi connectivity index (χ0) is 18.9. The van der Waals surface area contributed by atoms with Crippen LogP contribution >= 0.6 is 0 Å². The number of para-hydroxylation sites is 1. The highest BCUT2D eigenvalue weighted by Crippen LogP contribution is 2.29. The number of hydrogen-bond acceptors (Lipinski definition) is 4. The van der Waals surface area contributed by atoms with E-state index in [2.05, 4.69) is 43.4 Å². The lowest BCUT2D eigenvalue weighted by molar-refractivity contribution is 0.0865. The number of rotatable bonds is 4. The Labute approximate surface area is 154 Å². The van der Waals surface area contributed by atoms with E-state index in [1.807, 2.05) is 30.3 Å². The average Bonchev–Trinajstić information content (AvgIpc) is 2.97.